The molecule has 216 valence electrons. The summed E-state index contributed by atoms with van der Waals surface area (Å²) < 4.78 is 22.0. The standard InChI is InChI=1S/C36H36O6/c1-25(40-32-15-7-27(8-16-32)28-9-17-33(18-10-28)41-26(2)37)35(38)42-34-21-13-30(14-22-34)36(23-5-4-6-24-36)29-11-19-31(39-3)20-12-29/h7-22,25H,4-6,23-24H2,1-3H3. The van der Waals surface area contributed by atoms with Gasteiger partial charge in [-0.25, -0.2) is 4.79 Å². The Morgan fingerprint density at radius 2 is 1.07 bits per heavy atom. The summed E-state index contributed by atoms with van der Waals surface area (Å²) in [6.45, 7) is 3.05. The third-order valence-corrected chi connectivity index (χ3v) is 7.92. The fourth-order valence-corrected chi connectivity index (χ4v) is 5.71. The Morgan fingerprint density at radius 3 is 1.57 bits per heavy atom. The lowest BCUT2D eigenvalue weighted by Crippen LogP contribution is -2.30. The molecule has 0 radical (unpaired) electrons. The molecule has 5 rings (SSSR count). The molecule has 6 heteroatoms. The van der Waals surface area contributed by atoms with Crippen molar-refractivity contribution in [1.82, 2.24) is 0 Å². The van der Waals surface area contributed by atoms with Gasteiger partial charge in [-0.3, -0.25) is 4.79 Å². The summed E-state index contributed by atoms with van der Waals surface area (Å²) in [5.41, 5.74) is 4.41. The van der Waals surface area contributed by atoms with Crippen molar-refractivity contribution in [3.05, 3.63) is 108 Å². The molecule has 1 atom stereocenters. The largest absolute Gasteiger partial charge is 0.497 e. The first kappa shape index (κ1) is 28.9. The average Bonchev–Trinajstić information content (AvgIpc) is 3.02. The molecule has 1 fully saturated rings. The molecule has 1 aliphatic rings. The Kier molecular flexibility index (Phi) is 8.91. The fraction of sp³-hybridized carbons (Fsp3) is 0.278. The smallest absolute Gasteiger partial charge is 0.352 e. The summed E-state index contributed by atoms with van der Waals surface area (Å²) in [4.78, 5) is 24.0. The first-order valence-corrected chi connectivity index (χ1v) is 14.4. The van der Waals surface area contributed by atoms with Crippen LogP contribution in [0.2, 0.25) is 0 Å². The van der Waals surface area contributed by atoms with Gasteiger partial charge in [0.05, 0.1) is 7.11 Å². The van der Waals surface area contributed by atoms with Crippen molar-refractivity contribution in [3.8, 4) is 34.1 Å². The molecule has 4 aromatic rings. The Labute approximate surface area is 247 Å². The molecule has 1 unspecified atom stereocenters. The second kappa shape index (κ2) is 12.9. The van der Waals surface area contributed by atoms with E-state index in [1.165, 1.54) is 37.3 Å². The summed E-state index contributed by atoms with van der Waals surface area (Å²) in [7, 11) is 1.68. The van der Waals surface area contributed by atoms with Crippen LogP contribution in [-0.4, -0.2) is 25.2 Å². The van der Waals surface area contributed by atoms with Crippen LogP contribution in [0.3, 0.4) is 0 Å². The summed E-state index contributed by atoms with van der Waals surface area (Å²) in [6, 6.07) is 31.0. The highest BCUT2D eigenvalue weighted by Crippen LogP contribution is 2.45. The van der Waals surface area contributed by atoms with Crippen LogP contribution < -0.4 is 18.9 Å². The Hall–Kier alpha value is -4.58. The normalized spacial score (nSPS) is 14.8. The molecule has 0 N–H and O–H groups in total. The van der Waals surface area contributed by atoms with Crippen LogP contribution in [0.4, 0.5) is 0 Å². The second-order valence-corrected chi connectivity index (χ2v) is 10.7. The van der Waals surface area contributed by atoms with E-state index in [-0.39, 0.29) is 11.4 Å². The number of ether oxygens (including phenoxy) is 4. The second-order valence-electron chi connectivity index (χ2n) is 10.7. The molecule has 0 spiro atoms. The summed E-state index contributed by atoms with van der Waals surface area (Å²) in [6.07, 6.45) is 4.99. The molecular weight excluding hydrogens is 528 g/mol. The number of benzene rings is 4. The molecule has 4 aromatic carbocycles. The predicted molar refractivity (Wildman–Crippen MR) is 162 cm³/mol. The highest BCUT2D eigenvalue weighted by atomic mass is 16.6. The fourth-order valence-electron chi connectivity index (χ4n) is 5.71. The van der Waals surface area contributed by atoms with Crippen molar-refractivity contribution in [2.75, 3.05) is 7.11 Å². The van der Waals surface area contributed by atoms with Gasteiger partial charge in [0.15, 0.2) is 6.10 Å². The topological polar surface area (TPSA) is 71.1 Å². The van der Waals surface area contributed by atoms with Crippen molar-refractivity contribution >= 4 is 11.9 Å². The van der Waals surface area contributed by atoms with Crippen LogP contribution in [0.1, 0.15) is 57.1 Å². The van der Waals surface area contributed by atoms with E-state index in [1.54, 1.807) is 26.2 Å². The zero-order valence-corrected chi connectivity index (χ0v) is 24.3. The Morgan fingerprint density at radius 1 is 0.619 bits per heavy atom. The number of esters is 2. The van der Waals surface area contributed by atoms with Crippen LogP contribution in [0, 0.1) is 0 Å². The van der Waals surface area contributed by atoms with Crippen molar-refractivity contribution in [3.63, 3.8) is 0 Å². The van der Waals surface area contributed by atoms with E-state index in [4.69, 9.17) is 18.9 Å². The zero-order valence-electron chi connectivity index (χ0n) is 24.3. The number of methoxy groups -OCH3 is 1. The lowest BCUT2D eigenvalue weighted by molar-refractivity contribution is -0.141. The lowest BCUT2D eigenvalue weighted by atomic mass is 9.65. The number of rotatable bonds is 9. The van der Waals surface area contributed by atoms with Gasteiger partial charge in [0, 0.05) is 12.3 Å². The van der Waals surface area contributed by atoms with Gasteiger partial charge < -0.3 is 18.9 Å². The molecule has 0 heterocycles. The monoisotopic (exact) mass is 564 g/mol. The van der Waals surface area contributed by atoms with Crippen molar-refractivity contribution < 1.29 is 28.5 Å². The molecule has 0 bridgehead atoms. The molecule has 42 heavy (non-hydrogen) atoms. The average molecular weight is 565 g/mol. The van der Waals surface area contributed by atoms with Crippen molar-refractivity contribution in [2.45, 2.75) is 57.5 Å². The van der Waals surface area contributed by atoms with Gasteiger partial charge in [-0.1, -0.05) is 67.8 Å². The minimum absolute atomic E-state index is 0.0556. The predicted octanol–water partition coefficient (Wildman–Crippen LogP) is 7.91. The number of hydrogen-bond donors (Lipinski definition) is 0. The molecule has 1 aliphatic carbocycles. The highest BCUT2D eigenvalue weighted by Gasteiger charge is 2.35. The maximum Gasteiger partial charge on any atom is 0.352 e. The van der Waals surface area contributed by atoms with Gasteiger partial charge in [-0.2, -0.15) is 0 Å². The van der Waals surface area contributed by atoms with E-state index in [2.05, 4.69) is 24.3 Å². The quantitative estimate of drug-likeness (QED) is 0.152. The van der Waals surface area contributed by atoms with E-state index in [0.29, 0.717) is 17.2 Å². The lowest BCUT2D eigenvalue weighted by Gasteiger charge is -2.38. The maximum absolute atomic E-state index is 12.9. The first-order valence-electron chi connectivity index (χ1n) is 14.4. The van der Waals surface area contributed by atoms with Gasteiger partial charge in [-0.15, -0.1) is 0 Å². The zero-order chi connectivity index (χ0) is 29.5. The van der Waals surface area contributed by atoms with Crippen LogP contribution in [0.15, 0.2) is 97.1 Å². The van der Waals surface area contributed by atoms with Gasteiger partial charge in [0.1, 0.15) is 23.0 Å². The maximum atomic E-state index is 12.9. The summed E-state index contributed by atoms with van der Waals surface area (Å²) >= 11 is 0. The van der Waals surface area contributed by atoms with Crippen molar-refractivity contribution in [1.29, 1.82) is 0 Å². The highest BCUT2D eigenvalue weighted by molar-refractivity contribution is 5.77. The molecule has 0 aliphatic heterocycles. The minimum atomic E-state index is -0.789. The van der Waals surface area contributed by atoms with Gasteiger partial charge in [-0.05, 0) is 90.6 Å². The van der Waals surface area contributed by atoms with E-state index >= 15 is 0 Å². The number of carbonyl (C=O) groups is 2. The SMILES string of the molecule is COc1ccc(C2(c3ccc(OC(=O)C(C)Oc4ccc(-c5ccc(OC(C)=O)cc5)cc4)cc3)CCCCC2)cc1. The number of hydrogen-bond acceptors (Lipinski definition) is 6. The van der Waals surface area contributed by atoms with Crippen LogP contribution in [-0.2, 0) is 15.0 Å². The van der Waals surface area contributed by atoms with Crippen LogP contribution in [0.25, 0.3) is 11.1 Å². The molecular formula is C36H36O6. The van der Waals surface area contributed by atoms with E-state index in [0.717, 1.165) is 29.7 Å². The van der Waals surface area contributed by atoms with Crippen molar-refractivity contribution in [2.24, 2.45) is 0 Å². The first-order chi connectivity index (χ1) is 20.4. The summed E-state index contributed by atoms with van der Waals surface area (Å²) in [5, 5.41) is 0. The minimum Gasteiger partial charge on any atom is -0.497 e. The number of carbonyl (C=O) groups excluding carboxylic acids is 2. The van der Waals surface area contributed by atoms with E-state index in [9.17, 15) is 9.59 Å². The van der Waals surface area contributed by atoms with Gasteiger partial charge in [0.25, 0.3) is 0 Å². The third kappa shape index (κ3) is 6.65. The molecule has 0 aromatic heterocycles. The van der Waals surface area contributed by atoms with E-state index < -0.39 is 12.1 Å². The molecule has 6 nitrogen and oxygen atoms in total. The Bertz CT molecular complexity index is 1480. The van der Waals surface area contributed by atoms with Crippen LogP contribution in [0.5, 0.6) is 23.0 Å². The van der Waals surface area contributed by atoms with Gasteiger partial charge in [0.2, 0.25) is 0 Å². The third-order valence-electron chi connectivity index (χ3n) is 7.92. The molecule has 0 amide bonds. The van der Waals surface area contributed by atoms with Gasteiger partial charge >= 0.3 is 11.9 Å². The summed E-state index contributed by atoms with van der Waals surface area (Å²) in [5.74, 6) is 1.59. The Balaban J connectivity index is 1.21. The van der Waals surface area contributed by atoms with Crippen LogP contribution >= 0.6 is 0 Å². The molecule has 0 saturated heterocycles. The van der Waals surface area contributed by atoms with E-state index in [1.807, 2.05) is 60.7 Å². The molecule has 1 saturated carbocycles.